The normalized spacial score (nSPS) is 9.90. The Balaban J connectivity index is 2.37. The molecule has 102 valence electrons. The predicted octanol–water partition coefficient (Wildman–Crippen LogP) is 3.43. The first-order valence-corrected chi connectivity index (χ1v) is 6.66. The second-order valence-electron chi connectivity index (χ2n) is 3.85. The Morgan fingerprint density at radius 2 is 2.25 bits per heavy atom. The summed E-state index contributed by atoms with van der Waals surface area (Å²) in [5.41, 5.74) is 0.873. The van der Waals surface area contributed by atoms with Crippen molar-refractivity contribution in [3.8, 4) is 6.07 Å². The molecule has 0 fully saturated rings. The third-order valence-electron chi connectivity index (χ3n) is 2.43. The van der Waals surface area contributed by atoms with E-state index < -0.39 is 5.82 Å². The van der Waals surface area contributed by atoms with Gasteiger partial charge in [0.2, 0.25) is 5.95 Å². The van der Waals surface area contributed by atoms with Crippen molar-refractivity contribution in [3.05, 3.63) is 40.2 Å². The second-order valence-corrected chi connectivity index (χ2v) is 4.76. The summed E-state index contributed by atoms with van der Waals surface area (Å²) in [6.45, 7) is 2.52. The van der Waals surface area contributed by atoms with Crippen LogP contribution in [0.3, 0.4) is 0 Å². The van der Waals surface area contributed by atoms with Crippen molar-refractivity contribution in [1.82, 2.24) is 9.97 Å². The van der Waals surface area contributed by atoms with Crippen LogP contribution in [-0.2, 0) is 0 Å². The average Bonchev–Trinajstić information content (AvgIpc) is 2.43. The summed E-state index contributed by atoms with van der Waals surface area (Å²) in [6, 6.07) is 7.10. The summed E-state index contributed by atoms with van der Waals surface area (Å²) >= 11 is 3.31. The van der Waals surface area contributed by atoms with Gasteiger partial charge >= 0.3 is 0 Å². The molecule has 1 heterocycles. The van der Waals surface area contributed by atoms with Gasteiger partial charge in [-0.3, -0.25) is 0 Å². The Kier molecular flexibility index (Phi) is 4.48. The van der Waals surface area contributed by atoms with E-state index in [1.165, 1.54) is 0 Å². The number of nitrogens with zero attached hydrogens (tertiary/aromatic N) is 3. The molecule has 20 heavy (non-hydrogen) atoms. The van der Waals surface area contributed by atoms with E-state index in [9.17, 15) is 4.39 Å². The lowest BCUT2D eigenvalue weighted by atomic mass is 10.2. The molecule has 2 N–H and O–H groups in total. The van der Waals surface area contributed by atoms with Crippen LogP contribution in [0.5, 0.6) is 0 Å². The first-order valence-electron chi connectivity index (χ1n) is 5.87. The highest BCUT2D eigenvalue weighted by Gasteiger charge is 2.10. The van der Waals surface area contributed by atoms with Gasteiger partial charge in [-0.25, -0.2) is 9.37 Å². The van der Waals surface area contributed by atoms with Gasteiger partial charge in [-0.2, -0.15) is 10.2 Å². The van der Waals surface area contributed by atoms with E-state index in [0.29, 0.717) is 23.7 Å². The second kappa shape index (κ2) is 6.30. The molecule has 0 spiro atoms. The molecule has 5 nitrogen and oxygen atoms in total. The van der Waals surface area contributed by atoms with Crippen molar-refractivity contribution in [2.75, 3.05) is 17.2 Å². The van der Waals surface area contributed by atoms with E-state index in [4.69, 9.17) is 5.26 Å². The van der Waals surface area contributed by atoms with Crippen LogP contribution >= 0.6 is 15.9 Å². The smallest absolute Gasteiger partial charge is 0.224 e. The number of nitriles is 1. The van der Waals surface area contributed by atoms with Gasteiger partial charge in [0.05, 0.1) is 17.4 Å². The third-order valence-corrected chi connectivity index (χ3v) is 2.93. The topological polar surface area (TPSA) is 73.6 Å². The van der Waals surface area contributed by atoms with Gasteiger partial charge in [-0.15, -0.1) is 0 Å². The summed E-state index contributed by atoms with van der Waals surface area (Å²) < 4.78 is 14.5. The van der Waals surface area contributed by atoms with Gasteiger partial charge in [0.15, 0.2) is 11.6 Å². The lowest BCUT2D eigenvalue weighted by molar-refractivity contribution is 0.619. The van der Waals surface area contributed by atoms with Crippen molar-refractivity contribution < 1.29 is 4.39 Å². The lowest BCUT2D eigenvalue weighted by Gasteiger charge is -2.10. The van der Waals surface area contributed by atoms with Crippen LogP contribution in [0, 0.1) is 17.1 Å². The lowest BCUT2D eigenvalue weighted by Crippen LogP contribution is -2.06. The minimum atomic E-state index is -0.587. The molecule has 2 aromatic rings. The number of rotatable bonds is 4. The molecule has 0 saturated heterocycles. The van der Waals surface area contributed by atoms with Crippen molar-refractivity contribution in [1.29, 1.82) is 5.26 Å². The first-order chi connectivity index (χ1) is 9.63. The quantitative estimate of drug-likeness (QED) is 0.895. The predicted molar refractivity (Wildman–Crippen MR) is 78.3 cm³/mol. The number of anilines is 3. The van der Waals surface area contributed by atoms with Crippen LogP contribution in [0.25, 0.3) is 0 Å². The summed E-state index contributed by atoms with van der Waals surface area (Å²) in [6.07, 6.45) is 1.08. The summed E-state index contributed by atoms with van der Waals surface area (Å²) in [7, 11) is 0. The first kappa shape index (κ1) is 14.2. The molecule has 2 rings (SSSR count). The average molecular weight is 336 g/mol. The van der Waals surface area contributed by atoms with Gasteiger partial charge in [-0.1, -0.05) is 15.9 Å². The SMILES string of the molecule is CCNc1ncc(F)c(Nc2cc(Br)ccc2C#N)n1. The molecule has 0 unspecified atom stereocenters. The van der Waals surface area contributed by atoms with Crippen LogP contribution < -0.4 is 10.6 Å². The van der Waals surface area contributed by atoms with E-state index in [1.807, 2.05) is 13.0 Å². The highest BCUT2D eigenvalue weighted by Crippen LogP contribution is 2.25. The Morgan fingerprint density at radius 3 is 2.95 bits per heavy atom. The van der Waals surface area contributed by atoms with Gasteiger partial charge in [0.1, 0.15) is 6.07 Å². The van der Waals surface area contributed by atoms with Crippen molar-refractivity contribution >= 4 is 33.4 Å². The number of nitrogens with one attached hydrogen (secondary N) is 2. The minimum absolute atomic E-state index is 0.0190. The maximum absolute atomic E-state index is 13.7. The monoisotopic (exact) mass is 335 g/mol. The molecule has 0 amide bonds. The van der Waals surface area contributed by atoms with Crippen molar-refractivity contribution in [2.24, 2.45) is 0 Å². The van der Waals surface area contributed by atoms with Crippen LogP contribution in [0.1, 0.15) is 12.5 Å². The minimum Gasteiger partial charge on any atom is -0.354 e. The fourth-order valence-electron chi connectivity index (χ4n) is 1.54. The number of halogens is 2. The molecule has 0 bridgehead atoms. The fraction of sp³-hybridized carbons (Fsp3) is 0.154. The van der Waals surface area contributed by atoms with Crippen molar-refractivity contribution in [3.63, 3.8) is 0 Å². The molecular formula is C13H11BrFN5. The molecule has 1 aromatic heterocycles. The Labute approximate surface area is 124 Å². The van der Waals surface area contributed by atoms with E-state index in [-0.39, 0.29) is 5.82 Å². The molecule has 1 aromatic carbocycles. The molecule has 0 radical (unpaired) electrons. The van der Waals surface area contributed by atoms with Crippen molar-refractivity contribution in [2.45, 2.75) is 6.92 Å². The van der Waals surface area contributed by atoms with E-state index in [1.54, 1.807) is 18.2 Å². The summed E-state index contributed by atoms with van der Waals surface area (Å²) in [5.74, 6) is -0.244. The zero-order chi connectivity index (χ0) is 14.5. The number of benzene rings is 1. The summed E-state index contributed by atoms with van der Waals surface area (Å²) in [4.78, 5) is 7.85. The van der Waals surface area contributed by atoms with Crippen LogP contribution in [0.15, 0.2) is 28.9 Å². The summed E-state index contributed by atoms with van der Waals surface area (Å²) in [5, 5.41) is 14.8. The van der Waals surface area contributed by atoms with Gasteiger partial charge in [-0.05, 0) is 25.1 Å². The standard InChI is InChI=1S/C13H11BrFN5/c1-2-17-13-18-7-10(15)12(20-13)19-11-5-9(14)4-3-8(11)6-16/h3-5,7H,2H2,1H3,(H2,17,18,19,20). The molecule has 0 aliphatic heterocycles. The molecular weight excluding hydrogens is 325 g/mol. The van der Waals surface area contributed by atoms with E-state index in [0.717, 1.165) is 10.7 Å². The molecule has 7 heteroatoms. The molecule has 0 atom stereocenters. The Morgan fingerprint density at radius 1 is 1.45 bits per heavy atom. The zero-order valence-electron chi connectivity index (χ0n) is 10.6. The maximum atomic E-state index is 13.7. The zero-order valence-corrected chi connectivity index (χ0v) is 12.2. The van der Waals surface area contributed by atoms with Crippen LogP contribution in [-0.4, -0.2) is 16.5 Å². The third kappa shape index (κ3) is 3.22. The maximum Gasteiger partial charge on any atom is 0.224 e. The number of aromatic nitrogens is 2. The highest BCUT2D eigenvalue weighted by molar-refractivity contribution is 9.10. The number of hydrogen-bond acceptors (Lipinski definition) is 5. The van der Waals surface area contributed by atoms with Crippen LogP contribution in [0.4, 0.5) is 21.8 Å². The van der Waals surface area contributed by atoms with Crippen LogP contribution in [0.2, 0.25) is 0 Å². The van der Waals surface area contributed by atoms with Gasteiger partial charge < -0.3 is 10.6 Å². The van der Waals surface area contributed by atoms with Gasteiger partial charge in [0.25, 0.3) is 0 Å². The van der Waals surface area contributed by atoms with Gasteiger partial charge in [0, 0.05) is 11.0 Å². The fourth-order valence-corrected chi connectivity index (χ4v) is 1.90. The van der Waals surface area contributed by atoms with E-state index >= 15 is 0 Å². The molecule has 0 saturated carbocycles. The highest BCUT2D eigenvalue weighted by atomic mass is 79.9. The Hall–Kier alpha value is -2.20. The Bertz CT molecular complexity index is 668. The molecule has 0 aliphatic carbocycles. The molecule has 0 aliphatic rings. The van der Waals surface area contributed by atoms with E-state index in [2.05, 4.69) is 36.5 Å². The number of hydrogen-bond donors (Lipinski definition) is 2. The largest absolute Gasteiger partial charge is 0.354 e.